The van der Waals surface area contributed by atoms with Gasteiger partial charge < -0.3 is 10.3 Å². The fraction of sp³-hybridized carbons (Fsp3) is 0. The first kappa shape index (κ1) is 11.0. The highest BCUT2D eigenvalue weighted by Crippen LogP contribution is 2.06. The van der Waals surface area contributed by atoms with E-state index in [1.165, 1.54) is 30.5 Å². The molecular formula is C11H8FN3O2. The number of anilines is 1. The molecule has 0 aromatic carbocycles. The number of hydrogen-bond donors (Lipinski definition) is 2. The zero-order valence-corrected chi connectivity index (χ0v) is 8.61. The minimum Gasteiger partial charge on any atom is -0.319 e. The van der Waals surface area contributed by atoms with Gasteiger partial charge in [-0.15, -0.1) is 0 Å². The predicted octanol–water partition coefficient (Wildman–Crippen LogP) is 1.16. The molecule has 0 saturated carbocycles. The molecule has 2 rings (SSSR count). The largest absolute Gasteiger partial charge is 0.319 e. The van der Waals surface area contributed by atoms with Crippen molar-refractivity contribution >= 4 is 11.6 Å². The van der Waals surface area contributed by atoms with E-state index in [0.717, 1.165) is 6.07 Å². The highest BCUT2D eigenvalue weighted by Gasteiger charge is 2.06. The molecule has 0 fully saturated rings. The van der Waals surface area contributed by atoms with E-state index in [1.54, 1.807) is 0 Å². The molecule has 5 nitrogen and oxygen atoms in total. The van der Waals surface area contributed by atoms with E-state index in [0.29, 0.717) is 5.69 Å². The van der Waals surface area contributed by atoms with Crippen molar-refractivity contribution in [2.24, 2.45) is 0 Å². The second kappa shape index (κ2) is 4.56. The highest BCUT2D eigenvalue weighted by molar-refractivity contribution is 6.02. The number of aromatic nitrogens is 2. The van der Waals surface area contributed by atoms with Crippen LogP contribution in [0.5, 0.6) is 0 Å². The van der Waals surface area contributed by atoms with Gasteiger partial charge in [-0.1, -0.05) is 6.07 Å². The van der Waals surface area contributed by atoms with E-state index in [2.05, 4.69) is 15.3 Å². The summed E-state index contributed by atoms with van der Waals surface area (Å²) in [6, 6.07) is 6.74. The lowest BCUT2D eigenvalue weighted by atomic mass is 10.3. The Labute approximate surface area is 95.3 Å². The third-order valence-corrected chi connectivity index (χ3v) is 2.00. The molecule has 0 aliphatic heterocycles. The molecule has 1 amide bonds. The molecule has 17 heavy (non-hydrogen) atoms. The molecule has 0 saturated heterocycles. The molecule has 2 aromatic rings. The molecular weight excluding hydrogens is 225 g/mol. The molecule has 0 spiro atoms. The van der Waals surface area contributed by atoms with Crippen LogP contribution in [0.2, 0.25) is 0 Å². The van der Waals surface area contributed by atoms with Gasteiger partial charge in [0.1, 0.15) is 5.69 Å². The van der Waals surface area contributed by atoms with Crippen LogP contribution in [-0.2, 0) is 0 Å². The first-order valence-electron chi connectivity index (χ1n) is 4.77. The molecule has 2 heterocycles. The average Bonchev–Trinajstić information content (AvgIpc) is 2.32. The standard InChI is InChI=1S/C11H8FN3O2/c12-9-5-4-7(6-13-9)14-11(17)8-2-1-3-10(16)15-8/h1-6H,(H,14,17)(H,15,16). The molecule has 0 atom stereocenters. The maximum atomic E-state index is 12.5. The van der Waals surface area contributed by atoms with Crippen LogP contribution in [0.1, 0.15) is 10.5 Å². The Morgan fingerprint density at radius 2 is 2.12 bits per heavy atom. The smallest absolute Gasteiger partial charge is 0.272 e. The van der Waals surface area contributed by atoms with Gasteiger partial charge in [0.2, 0.25) is 11.5 Å². The van der Waals surface area contributed by atoms with Crippen LogP contribution in [0.15, 0.2) is 41.3 Å². The number of nitrogens with zero attached hydrogens (tertiary/aromatic N) is 1. The molecule has 6 heteroatoms. The van der Waals surface area contributed by atoms with Gasteiger partial charge in [0, 0.05) is 6.07 Å². The lowest BCUT2D eigenvalue weighted by molar-refractivity contribution is 0.102. The number of carbonyl (C=O) groups excluding carboxylic acids is 1. The minimum atomic E-state index is -0.629. The van der Waals surface area contributed by atoms with Crippen LogP contribution in [0.3, 0.4) is 0 Å². The quantitative estimate of drug-likeness (QED) is 0.764. The lowest BCUT2D eigenvalue weighted by Crippen LogP contribution is -2.17. The van der Waals surface area contributed by atoms with Crippen LogP contribution in [-0.4, -0.2) is 15.9 Å². The summed E-state index contributed by atoms with van der Waals surface area (Å²) < 4.78 is 12.5. The summed E-state index contributed by atoms with van der Waals surface area (Å²) >= 11 is 0. The van der Waals surface area contributed by atoms with E-state index in [1.807, 2.05) is 0 Å². The summed E-state index contributed by atoms with van der Waals surface area (Å²) in [5.41, 5.74) is 0.109. The number of rotatable bonds is 2. The van der Waals surface area contributed by atoms with Crippen molar-refractivity contribution in [2.75, 3.05) is 5.32 Å². The van der Waals surface area contributed by atoms with E-state index < -0.39 is 11.9 Å². The van der Waals surface area contributed by atoms with Crippen LogP contribution < -0.4 is 10.9 Å². The van der Waals surface area contributed by atoms with Gasteiger partial charge in [-0.05, 0) is 18.2 Å². The van der Waals surface area contributed by atoms with Crippen LogP contribution in [0.25, 0.3) is 0 Å². The molecule has 2 N–H and O–H groups in total. The Morgan fingerprint density at radius 3 is 2.76 bits per heavy atom. The van der Waals surface area contributed by atoms with Crippen LogP contribution in [0.4, 0.5) is 10.1 Å². The van der Waals surface area contributed by atoms with E-state index in [4.69, 9.17) is 0 Å². The molecule has 0 radical (unpaired) electrons. The third-order valence-electron chi connectivity index (χ3n) is 2.00. The van der Waals surface area contributed by atoms with E-state index in [-0.39, 0.29) is 11.3 Å². The maximum Gasteiger partial charge on any atom is 0.272 e. The summed E-state index contributed by atoms with van der Waals surface area (Å²) in [5.74, 6) is -1.12. The topological polar surface area (TPSA) is 74.8 Å². The first-order valence-corrected chi connectivity index (χ1v) is 4.77. The Balaban J connectivity index is 2.17. The van der Waals surface area contributed by atoms with Crippen molar-refractivity contribution in [3.8, 4) is 0 Å². The SMILES string of the molecule is O=C(Nc1ccc(F)nc1)c1cccc(=O)[nH]1. The van der Waals surface area contributed by atoms with Crippen LogP contribution >= 0.6 is 0 Å². The number of nitrogens with one attached hydrogen (secondary N) is 2. The Bertz CT molecular complexity index is 592. The number of H-pyrrole nitrogens is 1. The number of aromatic amines is 1. The number of halogens is 1. The molecule has 86 valence electrons. The van der Waals surface area contributed by atoms with Crippen molar-refractivity contribution in [1.29, 1.82) is 0 Å². The second-order valence-electron chi connectivity index (χ2n) is 3.25. The van der Waals surface area contributed by atoms with Crippen molar-refractivity contribution in [3.63, 3.8) is 0 Å². The number of pyridine rings is 2. The molecule has 0 unspecified atom stereocenters. The highest BCUT2D eigenvalue weighted by atomic mass is 19.1. The molecule has 0 bridgehead atoms. The van der Waals surface area contributed by atoms with Gasteiger partial charge in [0.15, 0.2) is 0 Å². The zero-order valence-electron chi connectivity index (χ0n) is 8.61. The van der Waals surface area contributed by atoms with Crippen molar-refractivity contribution in [2.45, 2.75) is 0 Å². The third kappa shape index (κ3) is 2.75. The molecule has 0 aliphatic carbocycles. The molecule has 0 aliphatic rings. The maximum absolute atomic E-state index is 12.5. The Morgan fingerprint density at radius 1 is 1.29 bits per heavy atom. The van der Waals surface area contributed by atoms with E-state index in [9.17, 15) is 14.0 Å². The second-order valence-corrected chi connectivity index (χ2v) is 3.25. The summed E-state index contributed by atoms with van der Waals surface area (Å²) in [6.45, 7) is 0. The summed E-state index contributed by atoms with van der Waals surface area (Å²) in [4.78, 5) is 28.4. The summed E-state index contributed by atoms with van der Waals surface area (Å²) in [5, 5.41) is 2.47. The average molecular weight is 233 g/mol. The van der Waals surface area contributed by atoms with E-state index >= 15 is 0 Å². The van der Waals surface area contributed by atoms with Gasteiger partial charge in [-0.2, -0.15) is 4.39 Å². The van der Waals surface area contributed by atoms with Gasteiger partial charge in [-0.25, -0.2) is 4.98 Å². The first-order chi connectivity index (χ1) is 8.15. The summed E-state index contributed by atoms with van der Waals surface area (Å²) in [7, 11) is 0. The van der Waals surface area contributed by atoms with Gasteiger partial charge >= 0.3 is 0 Å². The van der Waals surface area contributed by atoms with Gasteiger partial charge in [0.25, 0.3) is 5.91 Å². The van der Waals surface area contributed by atoms with Crippen molar-refractivity contribution < 1.29 is 9.18 Å². The predicted molar refractivity (Wildman–Crippen MR) is 59.2 cm³/mol. The number of carbonyl (C=O) groups is 1. The zero-order chi connectivity index (χ0) is 12.3. The Kier molecular flexibility index (Phi) is 2.95. The fourth-order valence-corrected chi connectivity index (χ4v) is 1.23. The Hall–Kier alpha value is -2.50. The van der Waals surface area contributed by atoms with Gasteiger partial charge in [0.05, 0.1) is 11.9 Å². The van der Waals surface area contributed by atoms with Crippen molar-refractivity contribution in [3.05, 3.63) is 58.5 Å². The lowest BCUT2D eigenvalue weighted by Gasteiger charge is -2.03. The minimum absolute atomic E-state index is 0.127. The van der Waals surface area contributed by atoms with Crippen molar-refractivity contribution in [1.82, 2.24) is 9.97 Å². The van der Waals surface area contributed by atoms with Gasteiger partial charge in [-0.3, -0.25) is 9.59 Å². The normalized spacial score (nSPS) is 9.94. The number of amides is 1. The summed E-state index contributed by atoms with van der Waals surface area (Å²) in [6.07, 6.45) is 1.19. The fourth-order valence-electron chi connectivity index (χ4n) is 1.23. The molecule has 2 aromatic heterocycles. The van der Waals surface area contributed by atoms with Crippen LogP contribution in [0, 0.1) is 5.95 Å². The monoisotopic (exact) mass is 233 g/mol. The number of hydrogen-bond acceptors (Lipinski definition) is 3.